The van der Waals surface area contributed by atoms with Gasteiger partial charge in [-0.2, -0.15) is 0 Å². The molecule has 29 heavy (non-hydrogen) atoms. The van der Waals surface area contributed by atoms with Crippen LogP contribution in [0.4, 0.5) is 0 Å². The van der Waals surface area contributed by atoms with E-state index in [2.05, 4.69) is 9.71 Å². The molecule has 1 N–H and O–H groups in total. The monoisotopic (exact) mass is 415 g/mol. The number of hydrogen-bond acceptors (Lipinski definition) is 5. The lowest BCUT2D eigenvalue weighted by Crippen LogP contribution is -2.27. The van der Waals surface area contributed by atoms with Crippen molar-refractivity contribution >= 4 is 10.0 Å². The Labute approximate surface area is 171 Å². The number of ether oxygens (including phenoxy) is 2. The lowest BCUT2D eigenvalue weighted by Gasteiger charge is -2.18. The normalized spacial score (nSPS) is 12.5. The van der Waals surface area contributed by atoms with Gasteiger partial charge in [-0.05, 0) is 50.6 Å². The van der Waals surface area contributed by atoms with Crippen LogP contribution in [0.2, 0.25) is 0 Å². The fraction of sp³-hybridized carbons (Fsp3) is 0.286. The van der Waals surface area contributed by atoms with Gasteiger partial charge < -0.3 is 14.0 Å². The Balaban J connectivity index is 1.83. The van der Waals surface area contributed by atoms with Crippen LogP contribution in [0.5, 0.6) is 11.5 Å². The fourth-order valence-corrected chi connectivity index (χ4v) is 4.33. The van der Waals surface area contributed by atoms with Crippen molar-refractivity contribution in [2.75, 3.05) is 13.2 Å². The van der Waals surface area contributed by atoms with E-state index in [1.54, 1.807) is 31.6 Å². The van der Waals surface area contributed by atoms with Gasteiger partial charge in [-0.1, -0.05) is 12.1 Å². The minimum atomic E-state index is -3.82. The van der Waals surface area contributed by atoms with Crippen LogP contribution in [0.1, 0.15) is 32.4 Å². The summed E-state index contributed by atoms with van der Waals surface area (Å²) in [4.78, 5) is 4.09. The van der Waals surface area contributed by atoms with Gasteiger partial charge in [0, 0.05) is 30.2 Å². The molecule has 0 bridgehead atoms. The van der Waals surface area contributed by atoms with Crippen molar-refractivity contribution in [3.8, 4) is 17.2 Å². The van der Waals surface area contributed by atoms with Crippen LogP contribution >= 0.6 is 0 Å². The Hall–Kier alpha value is -2.84. The number of hydrogen-bond donors (Lipinski definition) is 1. The highest BCUT2D eigenvalue weighted by molar-refractivity contribution is 7.89. The van der Waals surface area contributed by atoms with Crippen molar-refractivity contribution in [2.45, 2.75) is 31.7 Å². The molecule has 7 nitrogen and oxygen atoms in total. The van der Waals surface area contributed by atoms with E-state index in [9.17, 15) is 8.42 Å². The summed E-state index contributed by atoms with van der Waals surface area (Å²) >= 11 is 0. The molecule has 8 heteroatoms. The molecule has 3 rings (SSSR count). The number of sulfonamides is 1. The lowest BCUT2D eigenvalue weighted by molar-refractivity contribution is 0.322. The molecule has 0 saturated carbocycles. The molecule has 0 aliphatic rings. The van der Waals surface area contributed by atoms with Crippen molar-refractivity contribution in [1.82, 2.24) is 14.3 Å². The zero-order valence-electron chi connectivity index (χ0n) is 16.7. The number of benzene rings is 2. The molecule has 154 valence electrons. The number of aromatic nitrogens is 2. The van der Waals surface area contributed by atoms with Gasteiger partial charge in [0.15, 0.2) is 0 Å². The first kappa shape index (κ1) is 20.9. The minimum absolute atomic E-state index is 0.0622. The molecule has 3 aromatic rings. The molecule has 0 fully saturated rings. The quantitative estimate of drug-likeness (QED) is 0.576. The molecule has 1 aromatic heterocycles. The lowest BCUT2D eigenvalue weighted by atomic mass is 10.1. The highest BCUT2D eigenvalue weighted by Gasteiger charge is 2.23. The first-order valence-electron chi connectivity index (χ1n) is 9.45. The second kappa shape index (κ2) is 9.11. The first-order chi connectivity index (χ1) is 13.9. The molecule has 1 atom stereocenters. The maximum absolute atomic E-state index is 13.1. The largest absolute Gasteiger partial charge is 0.494 e. The predicted molar refractivity (Wildman–Crippen MR) is 111 cm³/mol. The van der Waals surface area contributed by atoms with Gasteiger partial charge in [0.1, 0.15) is 16.4 Å². The number of nitrogens with one attached hydrogen (secondary N) is 1. The van der Waals surface area contributed by atoms with Crippen molar-refractivity contribution < 1.29 is 17.9 Å². The van der Waals surface area contributed by atoms with E-state index < -0.39 is 16.1 Å². The van der Waals surface area contributed by atoms with Crippen LogP contribution < -0.4 is 14.2 Å². The third kappa shape index (κ3) is 4.96. The molecule has 0 aliphatic carbocycles. The van der Waals surface area contributed by atoms with Gasteiger partial charge >= 0.3 is 0 Å². The Bertz CT molecular complexity index is 1030. The standard InChI is InChI=1S/C21H25N3O4S/c1-4-27-19-10-11-20(28-5-2)21(14-19)29(25,26)23-16(3)17-6-8-18(9-7-17)24-13-12-22-15-24/h6-16,23H,4-5H2,1-3H3/t16-/m0/s1. The molecular weight excluding hydrogens is 390 g/mol. The average Bonchev–Trinajstić information content (AvgIpc) is 3.24. The van der Waals surface area contributed by atoms with E-state index in [0.29, 0.717) is 24.7 Å². The molecule has 0 aliphatic heterocycles. The van der Waals surface area contributed by atoms with Gasteiger partial charge in [-0.25, -0.2) is 18.1 Å². The Morgan fingerprint density at radius 2 is 1.79 bits per heavy atom. The van der Waals surface area contributed by atoms with Crippen molar-refractivity contribution in [3.63, 3.8) is 0 Å². The average molecular weight is 416 g/mol. The first-order valence-corrected chi connectivity index (χ1v) is 10.9. The minimum Gasteiger partial charge on any atom is -0.494 e. The smallest absolute Gasteiger partial charge is 0.244 e. The molecular formula is C21H25N3O4S. The van der Waals surface area contributed by atoms with E-state index in [4.69, 9.17) is 9.47 Å². The third-order valence-electron chi connectivity index (χ3n) is 4.34. The summed E-state index contributed by atoms with van der Waals surface area (Å²) in [5, 5.41) is 0. The topological polar surface area (TPSA) is 82.5 Å². The summed E-state index contributed by atoms with van der Waals surface area (Å²) in [5.41, 5.74) is 1.79. The molecule has 0 unspecified atom stereocenters. The summed E-state index contributed by atoms with van der Waals surface area (Å²) < 4.78 is 41.7. The summed E-state index contributed by atoms with van der Waals surface area (Å²) in [6.45, 7) is 6.27. The zero-order valence-corrected chi connectivity index (χ0v) is 17.5. The second-order valence-electron chi connectivity index (χ2n) is 6.38. The van der Waals surface area contributed by atoms with Gasteiger partial charge in [-0.3, -0.25) is 0 Å². The fourth-order valence-electron chi connectivity index (χ4n) is 2.94. The Morgan fingerprint density at radius 1 is 1.07 bits per heavy atom. The predicted octanol–water partition coefficient (Wildman–Crippen LogP) is 3.71. The molecule has 0 radical (unpaired) electrons. The Kier molecular flexibility index (Phi) is 6.56. The van der Waals surface area contributed by atoms with Crippen LogP contribution in [0, 0.1) is 0 Å². The number of imidazole rings is 1. The zero-order chi connectivity index (χ0) is 20.9. The molecule has 1 heterocycles. The second-order valence-corrected chi connectivity index (χ2v) is 8.06. The van der Waals surface area contributed by atoms with Gasteiger partial charge in [0.2, 0.25) is 10.0 Å². The molecule has 0 spiro atoms. The summed E-state index contributed by atoms with van der Waals surface area (Å²) in [6.07, 6.45) is 5.26. The van der Waals surface area contributed by atoms with E-state index in [1.165, 1.54) is 6.07 Å². The Morgan fingerprint density at radius 3 is 2.41 bits per heavy atom. The summed E-state index contributed by atoms with van der Waals surface area (Å²) in [7, 11) is -3.82. The number of rotatable bonds is 9. The maximum Gasteiger partial charge on any atom is 0.244 e. The van der Waals surface area contributed by atoms with Crippen LogP contribution in [-0.2, 0) is 10.0 Å². The highest BCUT2D eigenvalue weighted by Crippen LogP contribution is 2.30. The van der Waals surface area contributed by atoms with Crippen molar-refractivity contribution in [2.24, 2.45) is 0 Å². The summed E-state index contributed by atoms with van der Waals surface area (Å²) in [5.74, 6) is 0.778. The third-order valence-corrected chi connectivity index (χ3v) is 5.91. The van der Waals surface area contributed by atoms with Crippen molar-refractivity contribution in [1.29, 1.82) is 0 Å². The summed E-state index contributed by atoms with van der Waals surface area (Å²) in [6, 6.07) is 12.0. The van der Waals surface area contributed by atoms with E-state index in [0.717, 1.165) is 11.3 Å². The molecule has 0 amide bonds. The molecule has 2 aromatic carbocycles. The van der Waals surface area contributed by atoms with Crippen LogP contribution in [-0.4, -0.2) is 31.2 Å². The van der Waals surface area contributed by atoms with Gasteiger partial charge in [0.05, 0.1) is 19.5 Å². The van der Waals surface area contributed by atoms with E-state index in [1.807, 2.05) is 48.9 Å². The van der Waals surface area contributed by atoms with Gasteiger partial charge in [-0.15, -0.1) is 0 Å². The van der Waals surface area contributed by atoms with E-state index >= 15 is 0 Å². The van der Waals surface area contributed by atoms with Gasteiger partial charge in [0.25, 0.3) is 0 Å². The van der Waals surface area contributed by atoms with Crippen LogP contribution in [0.3, 0.4) is 0 Å². The van der Waals surface area contributed by atoms with Crippen molar-refractivity contribution in [3.05, 3.63) is 66.7 Å². The molecule has 0 saturated heterocycles. The van der Waals surface area contributed by atoms with Crippen LogP contribution in [0.25, 0.3) is 5.69 Å². The highest BCUT2D eigenvalue weighted by atomic mass is 32.2. The van der Waals surface area contributed by atoms with E-state index in [-0.39, 0.29) is 4.90 Å². The number of nitrogens with zero attached hydrogens (tertiary/aromatic N) is 2. The maximum atomic E-state index is 13.1. The SMILES string of the molecule is CCOc1ccc(OCC)c(S(=O)(=O)N[C@@H](C)c2ccc(-n3ccnc3)cc2)c1. The van der Waals surface area contributed by atoms with Crippen LogP contribution in [0.15, 0.2) is 66.1 Å².